The Morgan fingerprint density at radius 1 is 1.22 bits per heavy atom. The highest BCUT2D eigenvalue weighted by Gasteiger charge is 2.25. The minimum Gasteiger partial charge on any atom is -0.313 e. The van der Waals surface area contributed by atoms with Gasteiger partial charge in [-0.1, -0.05) is 47.0 Å². The van der Waals surface area contributed by atoms with Crippen LogP contribution in [0.3, 0.4) is 0 Å². The van der Waals surface area contributed by atoms with Crippen LogP contribution in [0.15, 0.2) is 0 Å². The average Bonchev–Trinajstić information content (AvgIpc) is 2.39. The van der Waals surface area contributed by atoms with E-state index in [0.29, 0.717) is 6.04 Å². The van der Waals surface area contributed by atoms with E-state index in [4.69, 9.17) is 0 Å². The number of piperidine rings is 1. The van der Waals surface area contributed by atoms with Crippen molar-refractivity contribution >= 4 is 0 Å². The summed E-state index contributed by atoms with van der Waals surface area (Å²) in [5.41, 5.74) is 0. The fourth-order valence-corrected chi connectivity index (χ4v) is 3.21. The maximum absolute atomic E-state index is 3.70. The quantitative estimate of drug-likeness (QED) is 0.711. The van der Waals surface area contributed by atoms with Crippen LogP contribution in [0, 0.1) is 5.92 Å². The Hall–Kier alpha value is -0.0800. The lowest BCUT2D eigenvalue weighted by Gasteiger charge is -2.39. The lowest BCUT2D eigenvalue weighted by atomic mass is 9.94. The van der Waals surface area contributed by atoms with Gasteiger partial charge < -0.3 is 5.32 Å². The molecule has 0 radical (unpaired) electrons. The van der Waals surface area contributed by atoms with Gasteiger partial charge in [-0.15, -0.1) is 0 Å². The molecule has 0 aliphatic carbocycles. The first-order chi connectivity index (χ1) is 8.72. The van der Waals surface area contributed by atoms with Crippen LogP contribution in [0.2, 0.25) is 0 Å². The van der Waals surface area contributed by atoms with Crippen LogP contribution in [0.4, 0.5) is 0 Å². The third kappa shape index (κ3) is 4.89. The highest BCUT2D eigenvalue weighted by molar-refractivity contribution is 4.83. The third-order valence-corrected chi connectivity index (χ3v) is 4.60. The van der Waals surface area contributed by atoms with Gasteiger partial charge in [-0.3, -0.25) is 4.90 Å². The summed E-state index contributed by atoms with van der Waals surface area (Å²) in [6.07, 6.45) is 8.27. The van der Waals surface area contributed by atoms with Crippen LogP contribution in [-0.4, -0.2) is 36.6 Å². The van der Waals surface area contributed by atoms with Gasteiger partial charge in [-0.05, 0) is 38.3 Å². The van der Waals surface area contributed by atoms with Gasteiger partial charge >= 0.3 is 0 Å². The number of nitrogens with zero attached hydrogens (tertiary/aromatic N) is 1. The van der Waals surface area contributed by atoms with E-state index >= 15 is 0 Å². The zero-order chi connectivity index (χ0) is 13.4. The third-order valence-electron chi connectivity index (χ3n) is 4.60. The van der Waals surface area contributed by atoms with E-state index in [1.807, 2.05) is 0 Å². The molecular weight excluding hydrogens is 220 g/mol. The van der Waals surface area contributed by atoms with Gasteiger partial charge in [-0.2, -0.15) is 0 Å². The maximum Gasteiger partial charge on any atom is 0.0220 e. The van der Waals surface area contributed by atoms with Crippen LogP contribution in [0.1, 0.15) is 66.2 Å². The topological polar surface area (TPSA) is 15.3 Å². The standard InChI is InChI=1S/C16H34N2/c1-5-10-15-11-8-9-12-18(15)13-16(17-7-3)14(4)6-2/h14-17H,5-13H2,1-4H3. The van der Waals surface area contributed by atoms with Crippen LogP contribution < -0.4 is 5.32 Å². The predicted octanol–water partition coefficient (Wildman–Crippen LogP) is 3.67. The summed E-state index contributed by atoms with van der Waals surface area (Å²) in [5, 5.41) is 3.70. The second kappa shape index (κ2) is 8.92. The van der Waals surface area contributed by atoms with Crippen molar-refractivity contribution in [1.29, 1.82) is 0 Å². The zero-order valence-corrected chi connectivity index (χ0v) is 13.0. The molecule has 1 aliphatic heterocycles. The number of likely N-dealkylation sites (tertiary alicyclic amines) is 1. The fraction of sp³-hybridized carbons (Fsp3) is 1.00. The van der Waals surface area contributed by atoms with Crippen LogP contribution in [-0.2, 0) is 0 Å². The smallest absolute Gasteiger partial charge is 0.0220 e. The highest BCUT2D eigenvalue weighted by atomic mass is 15.2. The van der Waals surface area contributed by atoms with Crippen molar-refractivity contribution in [2.45, 2.75) is 78.3 Å². The van der Waals surface area contributed by atoms with Crippen molar-refractivity contribution in [2.24, 2.45) is 5.92 Å². The van der Waals surface area contributed by atoms with Gasteiger partial charge in [0.2, 0.25) is 0 Å². The van der Waals surface area contributed by atoms with Gasteiger partial charge in [0.1, 0.15) is 0 Å². The summed E-state index contributed by atoms with van der Waals surface area (Å²) in [4.78, 5) is 2.77. The van der Waals surface area contributed by atoms with Crippen molar-refractivity contribution in [3.05, 3.63) is 0 Å². The summed E-state index contributed by atoms with van der Waals surface area (Å²) in [7, 11) is 0. The Balaban J connectivity index is 2.53. The second-order valence-electron chi connectivity index (χ2n) is 5.98. The number of hydrogen-bond acceptors (Lipinski definition) is 2. The van der Waals surface area contributed by atoms with E-state index in [9.17, 15) is 0 Å². The first kappa shape index (κ1) is 16.0. The van der Waals surface area contributed by atoms with Crippen LogP contribution in [0.5, 0.6) is 0 Å². The Kier molecular flexibility index (Phi) is 7.92. The molecule has 0 aromatic rings. The van der Waals surface area contributed by atoms with Crippen molar-refractivity contribution < 1.29 is 0 Å². The number of nitrogens with one attached hydrogen (secondary N) is 1. The summed E-state index contributed by atoms with van der Waals surface area (Å²) in [6.45, 7) is 12.9. The second-order valence-corrected chi connectivity index (χ2v) is 5.98. The molecule has 0 spiro atoms. The monoisotopic (exact) mass is 254 g/mol. The minimum atomic E-state index is 0.678. The molecule has 1 heterocycles. The van der Waals surface area contributed by atoms with Crippen LogP contribution >= 0.6 is 0 Å². The molecule has 3 atom stereocenters. The first-order valence-electron chi connectivity index (χ1n) is 8.20. The van der Waals surface area contributed by atoms with Crippen LogP contribution in [0.25, 0.3) is 0 Å². The lowest BCUT2D eigenvalue weighted by Crippen LogP contribution is -2.49. The first-order valence-corrected chi connectivity index (χ1v) is 8.20. The molecule has 2 nitrogen and oxygen atoms in total. The van der Waals surface area contributed by atoms with E-state index in [-0.39, 0.29) is 0 Å². The lowest BCUT2D eigenvalue weighted by molar-refractivity contribution is 0.113. The Morgan fingerprint density at radius 2 is 2.00 bits per heavy atom. The average molecular weight is 254 g/mol. The Bertz CT molecular complexity index is 203. The fourth-order valence-electron chi connectivity index (χ4n) is 3.21. The van der Waals surface area contributed by atoms with Gasteiger partial charge in [0.05, 0.1) is 0 Å². The van der Waals surface area contributed by atoms with Gasteiger partial charge in [-0.25, -0.2) is 0 Å². The number of rotatable bonds is 8. The molecule has 2 heteroatoms. The van der Waals surface area contributed by atoms with Crippen molar-refractivity contribution in [1.82, 2.24) is 10.2 Å². The molecule has 1 rings (SSSR count). The predicted molar refractivity (Wildman–Crippen MR) is 81.0 cm³/mol. The largest absolute Gasteiger partial charge is 0.313 e. The summed E-state index contributed by atoms with van der Waals surface area (Å²) < 4.78 is 0. The van der Waals surface area contributed by atoms with Gasteiger partial charge in [0.25, 0.3) is 0 Å². The molecule has 0 amide bonds. The summed E-state index contributed by atoms with van der Waals surface area (Å²) in [6, 6.07) is 1.53. The molecule has 3 unspecified atom stereocenters. The van der Waals surface area contributed by atoms with E-state index in [1.54, 1.807) is 0 Å². The number of hydrogen-bond donors (Lipinski definition) is 1. The molecule has 1 fully saturated rings. The molecule has 1 saturated heterocycles. The van der Waals surface area contributed by atoms with E-state index in [1.165, 1.54) is 51.6 Å². The molecule has 0 saturated carbocycles. The molecule has 108 valence electrons. The molecule has 0 aromatic carbocycles. The van der Waals surface area contributed by atoms with Crippen molar-refractivity contribution in [3.63, 3.8) is 0 Å². The molecule has 18 heavy (non-hydrogen) atoms. The summed E-state index contributed by atoms with van der Waals surface area (Å²) in [5.74, 6) is 0.786. The SMILES string of the molecule is CCCC1CCCCN1CC(NCC)C(C)CC. The van der Waals surface area contributed by atoms with Crippen molar-refractivity contribution in [2.75, 3.05) is 19.6 Å². The van der Waals surface area contributed by atoms with E-state index < -0.39 is 0 Å². The van der Waals surface area contributed by atoms with E-state index in [0.717, 1.165) is 18.5 Å². The molecule has 1 N–H and O–H groups in total. The van der Waals surface area contributed by atoms with Gasteiger partial charge in [0, 0.05) is 18.6 Å². The zero-order valence-electron chi connectivity index (χ0n) is 13.0. The maximum atomic E-state index is 3.70. The molecule has 0 bridgehead atoms. The van der Waals surface area contributed by atoms with Crippen molar-refractivity contribution in [3.8, 4) is 0 Å². The minimum absolute atomic E-state index is 0.678. The Morgan fingerprint density at radius 3 is 2.61 bits per heavy atom. The normalized spacial score (nSPS) is 25.0. The Labute approximate surface area is 115 Å². The molecule has 1 aliphatic rings. The van der Waals surface area contributed by atoms with Gasteiger partial charge in [0.15, 0.2) is 0 Å². The highest BCUT2D eigenvalue weighted by Crippen LogP contribution is 2.22. The molecular formula is C16H34N2. The summed E-state index contributed by atoms with van der Waals surface area (Å²) >= 11 is 0. The molecule has 0 aromatic heterocycles. The van der Waals surface area contributed by atoms with E-state index in [2.05, 4.69) is 37.9 Å². The number of likely N-dealkylation sites (N-methyl/N-ethyl adjacent to an activating group) is 1.